The Hall–Kier alpha value is -1.02. The van der Waals surface area contributed by atoms with Crippen molar-refractivity contribution < 1.29 is 4.74 Å². The van der Waals surface area contributed by atoms with Crippen LogP contribution in [0, 0.1) is 0 Å². The van der Waals surface area contributed by atoms with Crippen molar-refractivity contribution in [1.82, 2.24) is 5.32 Å². The number of methoxy groups -OCH3 is 1. The molecule has 2 rings (SSSR count). The van der Waals surface area contributed by atoms with Crippen LogP contribution in [0.5, 0.6) is 5.75 Å². The summed E-state index contributed by atoms with van der Waals surface area (Å²) in [4.78, 5) is 0. The molecule has 0 saturated heterocycles. The Kier molecular flexibility index (Phi) is 5.71. The third kappa shape index (κ3) is 3.97. The number of benzene rings is 1. The first-order chi connectivity index (χ1) is 9.35. The van der Waals surface area contributed by atoms with E-state index in [0.717, 1.165) is 12.3 Å². The molecule has 106 valence electrons. The highest BCUT2D eigenvalue weighted by molar-refractivity contribution is 5.36. The Bertz CT molecular complexity index is 377. The zero-order chi connectivity index (χ0) is 13.5. The second kappa shape index (κ2) is 7.54. The van der Waals surface area contributed by atoms with E-state index in [9.17, 15) is 0 Å². The highest BCUT2D eigenvalue weighted by atomic mass is 16.5. The van der Waals surface area contributed by atoms with Crippen LogP contribution in [-0.4, -0.2) is 19.7 Å². The molecule has 0 bridgehead atoms. The average molecular weight is 261 g/mol. The monoisotopic (exact) mass is 261 g/mol. The van der Waals surface area contributed by atoms with Crippen LogP contribution in [0.4, 0.5) is 0 Å². The summed E-state index contributed by atoms with van der Waals surface area (Å²) in [7, 11) is 1.78. The molecule has 19 heavy (non-hydrogen) atoms. The van der Waals surface area contributed by atoms with Crippen LogP contribution >= 0.6 is 0 Å². The molecule has 1 aromatic rings. The summed E-state index contributed by atoms with van der Waals surface area (Å²) in [5.74, 6) is 1.71. The summed E-state index contributed by atoms with van der Waals surface area (Å²) >= 11 is 0. The molecule has 0 amide bonds. The number of hydrogen-bond donors (Lipinski definition) is 1. The van der Waals surface area contributed by atoms with Crippen LogP contribution in [0.2, 0.25) is 0 Å². The van der Waals surface area contributed by atoms with E-state index in [4.69, 9.17) is 4.74 Å². The highest BCUT2D eigenvalue weighted by Crippen LogP contribution is 2.36. The molecule has 1 aliphatic rings. The standard InChI is InChI=1S/C17H27NO/c1-3-12-18-15-9-5-4-8-14(13-15)16-10-6-7-11-17(16)19-2/h6-7,10-11,14-15,18H,3-5,8-9,12-13H2,1-2H3. The van der Waals surface area contributed by atoms with Gasteiger partial charge in [-0.1, -0.05) is 38.0 Å². The Morgan fingerprint density at radius 2 is 2.00 bits per heavy atom. The molecule has 0 aromatic heterocycles. The maximum atomic E-state index is 5.54. The topological polar surface area (TPSA) is 21.3 Å². The molecular weight excluding hydrogens is 234 g/mol. The molecular formula is C17H27NO. The molecule has 2 unspecified atom stereocenters. The van der Waals surface area contributed by atoms with Gasteiger partial charge in [-0.3, -0.25) is 0 Å². The summed E-state index contributed by atoms with van der Waals surface area (Å²) in [5, 5.41) is 3.71. The molecule has 1 aliphatic carbocycles. The van der Waals surface area contributed by atoms with Crippen molar-refractivity contribution in [2.75, 3.05) is 13.7 Å². The number of nitrogens with one attached hydrogen (secondary N) is 1. The molecule has 0 radical (unpaired) electrons. The van der Waals surface area contributed by atoms with Gasteiger partial charge in [0, 0.05) is 6.04 Å². The molecule has 0 aliphatic heterocycles. The van der Waals surface area contributed by atoms with Crippen LogP contribution in [0.15, 0.2) is 24.3 Å². The zero-order valence-electron chi connectivity index (χ0n) is 12.3. The van der Waals surface area contributed by atoms with Crippen LogP contribution in [0.1, 0.15) is 56.9 Å². The molecule has 1 N–H and O–H groups in total. The minimum atomic E-state index is 0.646. The van der Waals surface area contributed by atoms with Crippen LogP contribution in [0.25, 0.3) is 0 Å². The van der Waals surface area contributed by atoms with Crippen molar-refractivity contribution in [2.24, 2.45) is 0 Å². The molecule has 2 atom stereocenters. The number of hydrogen-bond acceptors (Lipinski definition) is 2. The molecule has 1 aromatic carbocycles. The van der Waals surface area contributed by atoms with Crippen molar-refractivity contribution in [1.29, 1.82) is 0 Å². The van der Waals surface area contributed by atoms with Crippen molar-refractivity contribution >= 4 is 0 Å². The van der Waals surface area contributed by atoms with Crippen molar-refractivity contribution in [3.63, 3.8) is 0 Å². The van der Waals surface area contributed by atoms with Crippen LogP contribution < -0.4 is 10.1 Å². The smallest absolute Gasteiger partial charge is 0.122 e. The molecule has 0 spiro atoms. The van der Waals surface area contributed by atoms with Gasteiger partial charge in [0.1, 0.15) is 5.75 Å². The normalized spacial score (nSPS) is 23.9. The van der Waals surface area contributed by atoms with Gasteiger partial charge < -0.3 is 10.1 Å². The first kappa shape index (κ1) is 14.4. The summed E-state index contributed by atoms with van der Waals surface area (Å²) in [6.07, 6.45) is 7.78. The summed E-state index contributed by atoms with van der Waals surface area (Å²) in [6, 6.07) is 9.21. The minimum absolute atomic E-state index is 0.646. The maximum absolute atomic E-state index is 5.54. The molecule has 0 heterocycles. The van der Waals surface area contributed by atoms with Gasteiger partial charge in [0.15, 0.2) is 0 Å². The van der Waals surface area contributed by atoms with Crippen molar-refractivity contribution in [3.8, 4) is 5.75 Å². The first-order valence-corrected chi connectivity index (χ1v) is 7.71. The summed E-state index contributed by atoms with van der Waals surface area (Å²) < 4.78 is 5.54. The van der Waals surface area contributed by atoms with Crippen molar-refractivity contribution in [2.45, 2.75) is 57.4 Å². The van der Waals surface area contributed by atoms with Crippen LogP contribution in [-0.2, 0) is 0 Å². The fourth-order valence-electron chi connectivity index (χ4n) is 3.18. The van der Waals surface area contributed by atoms with E-state index in [1.165, 1.54) is 44.1 Å². The van der Waals surface area contributed by atoms with Gasteiger partial charge in [-0.15, -0.1) is 0 Å². The van der Waals surface area contributed by atoms with Gasteiger partial charge >= 0.3 is 0 Å². The Morgan fingerprint density at radius 3 is 2.79 bits per heavy atom. The van der Waals surface area contributed by atoms with Gasteiger partial charge in [-0.25, -0.2) is 0 Å². The fourth-order valence-corrected chi connectivity index (χ4v) is 3.18. The molecule has 1 fully saturated rings. The van der Waals surface area contributed by atoms with E-state index in [0.29, 0.717) is 12.0 Å². The maximum Gasteiger partial charge on any atom is 0.122 e. The quantitative estimate of drug-likeness (QED) is 0.805. The lowest BCUT2D eigenvalue weighted by molar-refractivity contribution is 0.393. The van der Waals surface area contributed by atoms with Crippen LogP contribution in [0.3, 0.4) is 0 Å². The highest BCUT2D eigenvalue weighted by Gasteiger charge is 2.23. The zero-order valence-corrected chi connectivity index (χ0v) is 12.3. The second-order valence-electron chi connectivity index (χ2n) is 5.61. The number of para-hydroxylation sites is 1. The van der Waals surface area contributed by atoms with Gasteiger partial charge in [0.25, 0.3) is 0 Å². The predicted octanol–water partition coefficient (Wildman–Crippen LogP) is 4.11. The van der Waals surface area contributed by atoms with E-state index < -0.39 is 0 Å². The number of ether oxygens (including phenoxy) is 1. The SMILES string of the molecule is CCCNC1CCCCC(c2ccccc2OC)C1. The second-order valence-corrected chi connectivity index (χ2v) is 5.61. The minimum Gasteiger partial charge on any atom is -0.496 e. The Balaban J connectivity index is 2.08. The first-order valence-electron chi connectivity index (χ1n) is 7.71. The van der Waals surface area contributed by atoms with Crippen molar-refractivity contribution in [3.05, 3.63) is 29.8 Å². The predicted molar refractivity (Wildman–Crippen MR) is 80.9 cm³/mol. The summed E-state index contributed by atoms with van der Waals surface area (Å²) in [5.41, 5.74) is 1.40. The fraction of sp³-hybridized carbons (Fsp3) is 0.647. The third-order valence-corrected chi connectivity index (χ3v) is 4.19. The lowest BCUT2D eigenvalue weighted by atomic mass is 9.89. The van der Waals surface area contributed by atoms with E-state index in [1.54, 1.807) is 7.11 Å². The van der Waals surface area contributed by atoms with Gasteiger partial charge in [0.05, 0.1) is 7.11 Å². The Morgan fingerprint density at radius 1 is 1.21 bits per heavy atom. The number of rotatable bonds is 5. The van der Waals surface area contributed by atoms with E-state index >= 15 is 0 Å². The van der Waals surface area contributed by atoms with E-state index in [1.807, 2.05) is 0 Å². The van der Waals surface area contributed by atoms with Gasteiger partial charge in [-0.2, -0.15) is 0 Å². The third-order valence-electron chi connectivity index (χ3n) is 4.19. The average Bonchev–Trinajstić information content (AvgIpc) is 2.70. The lowest BCUT2D eigenvalue weighted by Crippen LogP contribution is -2.30. The molecule has 1 saturated carbocycles. The van der Waals surface area contributed by atoms with E-state index in [2.05, 4.69) is 36.5 Å². The molecule has 2 heteroatoms. The lowest BCUT2D eigenvalue weighted by Gasteiger charge is -2.23. The van der Waals surface area contributed by atoms with E-state index in [-0.39, 0.29) is 0 Å². The molecule has 2 nitrogen and oxygen atoms in total. The largest absolute Gasteiger partial charge is 0.496 e. The van der Waals surface area contributed by atoms with Gasteiger partial charge in [-0.05, 0) is 49.8 Å². The van der Waals surface area contributed by atoms with Gasteiger partial charge in [0.2, 0.25) is 0 Å². The Labute approximate surface area is 117 Å². The summed E-state index contributed by atoms with van der Waals surface area (Å²) in [6.45, 7) is 3.38.